The SMILES string of the molecule is C.C.CCC(=O)NCC[C@@H]1CCc2ccc3c(c21)CCO3.NCC[C@@H]1CCc2ccc3c(c21)CCO3.[Y]. The molecule has 4 aliphatic rings. The predicted octanol–water partition coefficient (Wildman–Crippen LogP) is 5.84. The van der Waals surface area contributed by atoms with Crippen molar-refractivity contribution in [1.29, 1.82) is 0 Å². The van der Waals surface area contributed by atoms with Gasteiger partial charge in [-0.25, -0.2) is 0 Å². The van der Waals surface area contributed by atoms with Gasteiger partial charge in [-0.2, -0.15) is 0 Å². The van der Waals surface area contributed by atoms with Gasteiger partial charge in [0.15, 0.2) is 0 Å². The number of aryl methyl sites for hydroxylation is 2. The molecular formula is C31H46N2O3Y. The first-order valence-electron chi connectivity index (χ1n) is 13.2. The average molecular weight is 584 g/mol. The zero-order valence-corrected chi connectivity index (χ0v) is 23.9. The van der Waals surface area contributed by atoms with E-state index in [9.17, 15) is 4.79 Å². The summed E-state index contributed by atoms with van der Waals surface area (Å²) in [6, 6.07) is 8.74. The van der Waals surface area contributed by atoms with Crippen LogP contribution >= 0.6 is 0 Å². The average Bonchev–Trinajstić information content (AvgIpc) is 3.64. The van der Waals surface area contributed by atoms with E-state index >= 15 is 0 Å². The van der Waals surface area contributed by atoms with Crippen LogP contribution in [0.2, 0.25) is 0 Å². The van der Waals surface area contributed by atoms with Gasteiger partial charge in [0.2, 0.25) is 5.91 Å². The summed E-state index contributed by atoms with van der Waals surface area (Å²) < 4.78 is 11.3. The van der Waals surface area contributed by atoms with Crippen LogP contribution in [0.4, 0.5) is 0 Å². The third-order valence-corrected chi connectivity index (χ3v) is 8.02. The van der Waals surface area contributed by atoms with E-state index in [0.717, 1.165) is 63.5 Å². The molecule has 0 saturated heterocycles. The molecule has 0 fully saturated rings. The zero-order chi connectivity index (χ0) is 23.5. The molecule has 1 amide bonds. The number of nitrogens with one attached hydrogen (secondary N) is 1. The summed E-state index contributed by atoms with van der Waals surface area (Å²) >= 11 is 0. The number of hydrogen-bond donors (Lipinski definition) is 2. The van der Waals surface area contributed by atoms with Crippen LogP contribution in [0.15, 0.2) is 24.3 Å². The maximum atomic E-state index is 11.3. The van der Waals surface area contributed by atoms with Gasteiger partial charge in [-0.1, -0.05) is 33.9 Å². The van der Waals surface area contributed by atoms with Gasteiger partial charge in [0.05, 0.1) is 13.2 Å². The van der Waals surface area contributed by atoms with Crippen LogP contribution in [0, 0.1) is 0 Å². The molecule has 0 spiro atoms. The van der Waals surface area contributed by atoms with Crippen molar-refractivity contribution in [3.05, 3.63) is 57.6 Å². The molecule has 0 aromatic heterocycles. The van der Waals surface area contributed by atoms with Gasteiger partial charge in [0.1, 0.15) is 11.5 Å². The summed E-state index contributed by atoms with van der Waals surface area (Å²) in [4.78, 5) is 11.3. The number of carbonyl (C=O) groups is 1. The van der Waals surface area contributed by atoms with E-state index in [1.807, 2.05) is 6.92 Å². The summed E-state index contributed by atoms with van der Waals surface area (Å²) in [7, 11) is 0. The summed E-state index contributed by atoms with van der Waals surface area (Å²) in [5.41, 5.74) is 14.7. The molecule has 2 atom stereocenters. The van der Waals surface area contributed by atoms with Crippen LogP contribution in [0.3, 0.4) is 0 Å². The Kier molecular flexibility index (Phi) is 12.6. The van der Waals surface area contributed by atoms with Gasteiger partial charge in [-0.05, 0) is 91.3 Å². The molecule has 3 N–H and O–H groups in total. The fraction of sp³-hybridized carbons (Fsp3) is 0.581. The minimum Gasteiger partial charge on any atom is -0.493 e. The Balaban J connectivity index is 0.000000246. The Bertz CT molecular complexity index is 1050. The first kappa shape index (κ1) is 31.8. The second kappa shape index (κ2) is 14.7. The van der Waals surface area contributed by atoms with E-state index in [0.29, 0.717) is 18.3 Å². The van der Waals surface area contributed by atoms with Crippen LogP contribution in [0.5, 0.6) is 11.5 Å². The second-order valence-electron chi connectivity index (χ2n) is 9.97. The maximum absolute atomic E-state index is 11.3. The number of hydrogen-bond acceptors (Lipinski definition) is 4. The van der Waals surface area contributed by atoms with E-state index in [1.165, 1.54) is 53.5 Å². The minimum absolute atomic E-state index is 0. The summed E-state index contributed by atoms with van der Waals surface area (Å²) in [6.07, 6.45) is 9.80. The first-order chi connectivity index (χ1) is 16.7. The molecule has 6 rings (SSSR count). The molecule has 2 aliphatic carbocycles. The predicted molar refractivity (Wildman–Crippen MR) is 148 cm³/mol. The van der Waals surface area contributed by atoms with Gasteiger partial charge in [0.25, 0.3) is 0 Å². The van der Waals surface area contributed by atoms with Crippen LogP contribution in [-0.4, -0.2) is 32.2 Å². The van der Waals surface area contributed by atoms with Crippen LogP contribution in [0.25, 0.3) is 0 Å². The fourth-order valence-electron chi connectivity index (χ4n) is 6.39. The molecular weight excluding hydrogens is 537 g/mol. The molecule has 5 nitrogen and oxygen atoms in total. The van der Waals surface area contributed by atoms with E-state index in [4.69, 9.17) is 15.2 Å². The molecule has 6 heteroatoms. The van der Waals surface area contributed by atoms with Crippen LogP contribution in [0.1, 0.15) is 99.1 Å². The van der Waals surface area contributed by atoms with Crippen LogP contribution < -0.4 is 20.5 Å². The smallest absolute Gasteiger partial charge is 0.219 e. The van der Waals surface area contributed by atoms with Crippen molar-refractivity contribution in [2.24, 2.45) is 5.73 Å². The third kappa shape index (κ3) is 6.78. The monoisotopic (exact) mass is 583 g/mol. The molecule has 2 aliphatic heterocycles. The molecule has 0 unspecified atom stereocenters. The fourth-order valence-corrected chi connectivity index (χ4v) is 6.39. The van der Waals surface area contributed by atoms with E-state index in [2.05, 4.69) is 29.6 Å². The Hall–Kier alpha value is -1.43. The summed E-state index contributed by atoms with van der Waals surface area (Å²) in [5, 5.41) is 2.99. The molecule has 201 valence electrons. The van der Waals surface area contributed by atoms with Crippen molar-refractivity contribution >= 4 is 5.91 Å². The van der Waals surface area contributed by atoms with Crippen molar-refractivity contribution in [3.8, 4) is 11.5 Å². The number of nitrogens with two attached hydrogens (primary N) is 1. The standard InChI is InChI=1S/C16H21NO2.C13H17NO.2CH4.Y/c1-2-15(18)17-9-7-12-4-3-11-5-6-14-13(16(11)12)8-10-19-14;14-7-5-10-2-1-9-3-4-12-11(13(9)10)6-8-15-12;;;/h5-6,12H,2-4,7-10H2,1H3,(H,17,18);3-4,10H,1-2,5-8,14H2;2*1H4;/t12-;10-;;;/m00.../s1. The van der Waals surface area contributed by atoms with Crippen molar-refractivity contribution in [2.75, 3.05) is 26.3 Å². The number of ether oxygens (including phenoxy) is 2. The number of carbonyl (C=O) groups excluding carboxylic acids is 1. The topological polar surface area (TPSA) is 73.6 Å². The normalized spacial score (nSPS) is 19.2. The molecule has 2 heterocycles. The minimum atomic E-state index is 0. The largest absolute Gasteiger partial charge is 0.493 e. The van der Waals surface area contributed by atoms with Crippen molar-refractivity contribution in [1.82, 2.24) is 5.32 Å². The maximum Gasteiger partial charge on any atom is 0.219 e. The van der Waals surface area contributed by atoms with Gasteiger partial charge >= 0.3 is 0 Å². The van der Waals surface area contributed by atoms with Crippen molar-refractivity contribution < 1.29 is 47.0 Å². The zero-order valence-electron chi connectivity index (χ0n) is 21.0. The Morgan fingerprint density at radius 1 is 0.865 bits per heavy atom. The summed E-state index contributed by atoms with van der Waals surface area (Å²) in [6.45, 7) is 5.17. The van der Waals surface area contributed by atoms with Gasteiger partial charge in [-0.3, -0.25) is 4.79 Å². The van der Waals surface area contributed by atoms with E-state index in [1.54, 1.807) is 5.56 Å². The number of amides is 1. The molecule has 0 bridgehead atoms. The Labute approximate surface area is 249 Å². The third-order valence-electron chi connectivity index (χ3n) is 8.02. The molecule has 0 saturated carbocycles. The molecule has 1 radical (unpaired) electrons. The quantitative estimate of drug-likeness (QED) is 0.449. The van der Waals surface area contributed by atoms with Crippen molar-refractivity contribution in [3.63, 3.8) is 0 Å². The van der Waals surface area contributed by atoms with E-state index < -0.39 is 0 Å². The number of fused-ring (bicyclic) bond motifs is 6. The van der Waals surface area contributed by atoms with Crippen molar-refractivity contribution in [2.45, 2.75) is 91.4 Å². The number of rotatable bonds is 6. The van der Waals surface area contributed by atoms with E-state index in [-0.39, 0.29) is 53.5 Å². The molecule has 2 aromatic rings. The first-order valence-corrected chi connectivity index (χ1v) is 13.2. The van der Waals surface area contributed by atoms with Gasteiger partial charge < -0.3 is 20.5 Å². The van der Waals surface area contributed by atoms with Gasteiger partial charge in [-0.15, -0.1) is 0 Å². The Morgan fingerprint density at radius 2 is 1.38 bits per heavy atom. The molecule has 37 heavy (non-hydrogen) atoms. The second-order valence-corrected chi connectivity index (χ2v) is 9.97. The molecule has 2 aromatic carbocycles. The number of benzene rings is 2. The summed E-state index contributed by atoms with van der Waals surface area (Å²) in [5.74, 6) is 3.66. The van der Waals surface area contributed by atoms with Crippen LogP contribution in [-0.2, 0) is 63.2 Å². The Morgan fingerprint density at radius 3 is 1.86 bits per heavy atom. The van der Waals surface area contributed by atoms with Gasteiger partial charge in [0, 0.05) is 69.6 Å².